The van der Waals surface area contributed by atoms with Crippen LogP contribution < -0.4 is 0 Å². The van der Waals surface area contributed by atoms with Crippen LogP contribution in [-0.2, 0) is 4.79 Å². The highest BCUT2D eigenvalue weighted by Crippen LogP contribution is 2.08. The topological polar surface area (TPSA) is 37.3 Å². The molecule has 0 heterocycles. The summed E-state index contributed by atoms with van der Waals surface area (Å²) in [6, 6.07) is 10.2. The largest absolute Gasteiger partial charge is 0.478 e. The third-order valence-corrected chi connectivity index (χ3v) is 2.00. The number of carboxylic acid groups (broad SMARTS) is 1. The summed E-state index contributed by atoms with van der Waals surface area (Å²) in [4.78, 5) is 9.83. The Labute approximate surface area is 96.9 Å². The molecule has 1 N–H and O–H groups in total. The van der Waals surface area contributed by atoms with E-state index in [9.17, 15) is 4.79 Å². The van der Waals surface area contributed by atoms with E-state index in [1.54, 1.807) is 6.92 Å². The van der Waals surface area contributed by atoms with Crippen molar-refractivity contribution in [2.45, 2.75) is 20.3 Å². The molecule has 1 aromatic rings. The van der Waals surface area contributed by atoms with Crippen LogP contribution in [0.15, 0.2) is 49.1 Å². The number of allylic oxidation sites excluding steroid dienone is 1. The van der Waals surface area contributed by atoms with E-state index in [1.807, 2.05) is 25.1 Å². The SMILES string of the molecule is C=C(C)c1ccccc1.C=C(CC)C(=O)O. The summed E-state index contributed by atoms with van der Waals surface area (Å²) >= 11 is 0. The summed E-state index contributed by atoms with van der Waals surface area (Å²) in [5, 5.41) is 8.08. The van der Waals surface area contributed by atoms with Gasteiger partial charge < -0.3 is 5.11 Å². The molecular formula is C14H18O2. The van der Waals surface area contributed by atoms with Crippen LogP contribution in [0.3, 0.4) is 0 Å². The second-order valence-electron chi connectivity index (χ2n) is 3.41. The molecule has 0 saturated carbocycles. The van der Waals surface area contributed by atoms with Crippen LogP contribution in [-0.4, -0.2) is 11.1 Å². The van der Waals surface area contributed by atoms with E-state index in [-0.39, 0.29) is 5.57 Å². The molecule has 0 amide bonds. The van der Waals surface area contributed by atoms with Crippen molar-refractivity contribution in [1.29, 1.82) is 0 Å². The van der Waals surface area contributed by atoms with Crippen molar-refractivity contribution in [3.63, 3.8) is 0 Å². The fourth-order valence-electron chi connectivity index (χ4n) is 0.874. The summed E-state index contributed by atoms with van der Waals surface area (Å²) in [6.07, 6.45) is 0.523. The van der Waals surface area contributed by atoms with Gasteiger partial charge in [0.2, 0.25) is 0 Å². The quantitative estimate of drug-likeness (QED) is 0.784. The Hall–Kier alpha value is -1.83. The lowest BCUT2D eigenvalue weighted by atomic mass is 10.1. The van der Waals surface area contributed by atoms with Crippen LogP contribution in [0.1, 0.15) is 25.8 Å². The average Bonchev–Trinajstić information content (AvgIpc) is 2.29. The summed E-state index contributed by atoms with van der Waals surface area (Å²) in [5.41, 5.74) is 2.60. The molecule has 0 aromatic heterocycles. The molecule has 0 aliphatic heterocycles. The van der Waals surface area contributed by atoms with Gasteiger partial charge in [0.05, 0.1) is 0 Å². The molecule has 0 aliphatic rings. The van der Waals surface area contributed by atoms with E-state index in [0.29, 0.717) is 6.42 Å². The molecule has 2 nitrogen and oxygen atoms in total. The average molecular weight is 218 g/mol. The summed E-state index contributed by atoms with van der Waals surface area (Å²) in [6.45, 7) is 10.9. The van der Waals surface area contributed by atoms with Gasteiger partial charge in [-0.3, -0.25) is 0 Å². The van der Waals surface area contributed by atoms with Crippen molar-refractivity contribution >= 4 is 11.5 Å². The third-order valence-electron chi connectivity index (χ3n) is 2.00. The standard InChI is InChI=1S/C9H10.C5H8O2/c1-8(2)9-6-4-3-5-7-9;1-3-4(2)5(6)7/h3-7H,1H2,2H3;2-3H2,1H3,(H,6,7). The first-order valence-corrected chi connectivity index (χ1v) is 5.11. The monoisotopic (exact) mass is 218 g/mol. The molecule has 2 heteroatoms. The number of hydrogen-bond acceptors (Lipinski definition) is 1. The maximum absolute atomic E-state index is 9.83. The van der Waals surface area contributed by atoms with Crippen LogP contribution >= 0.6 is 0 Å². The zero-order valence-electron chi connectivity index (χ0n) is 9.86. The first-order chi connectivity index (χ1) is 7.49. The molecule has 0 atom stereocenters. The summed E-state index contributed by atoms with van der Waals surface area (Å²) in [5.74, 6) is -0.900. The Kier molecular flexibility index (Phi) is 6.61. The smallest absolute Gasteiger partial charge is 0.330 e. The van der Waals surface area contributed by atoms with Crippen LogP contribution in [0.5, 0.6) is 0 Å². The van der Waals surface area contributed by atoms with Gasteiger partial charge >= 0.3 is 5.97 Å². The maximum atomic E-state index is 9.83. The third kappa shape index (κ3) is 5.81. The molecule has 0 unspecified atom stereocenters. The molecule has 0 fully saturated rings. The second-order valence-corrected chi connectivity index (χ2v) is 3.41. The number of carboxylic acids is 1. The van der Waals surface area contributed by atoms with Crippen molar-refractivity contribution in [2.24, 2.45) is 0 Å². The number of hydrogen-bond donors (Lipinski definition) is 1. The lowest BCUT2D eigenvalue weighted by Crippen LogP contribution is -1.95. The second kappa shape index (κ2) is 7.46. The first kappa shape index (κ1) is 14.2. The summed E-state index contributed by atoms with van der Waals surface area (Å²) < 4.78 is 0. The van der Waals surface area contributed by atoms with Gasteiger partial charge in [-0.2, -0.15) is 0 Å². The predicted octanol–water partition coefficient (Wildman–Crippen LogP) is 3.76. The zero-order chi connectivity index (χ0) is 12.6. The van der Waals surface area contributed by atoms with Crippen LogP contribution in [0, 0.1) is 0 Å². The number of rotatable bonds is 3. The molecule has 1 aromatic carbocycles. The molecule has 0 spiro atoms. The fourth-order valence-corrected chi connectivity index (χ4v) is 0.874. The number of carbonyl (C=O) groups is 1. The van der Waals surface area contributed by atoms with Gasteiger partial charge in [-0.1, -0.05) is 56.0 Å². The van der Waals surface area contributed by atoms with Gasteiger partial charge in [0.25, 0.3) is 0 Å². The number of aliphatic carboxylic acids is 1. The van der Waals surface area contributed by atoms with Crippen molar-refractivity contribution < 1.29 is 9.90 Å². The zero-order valence-corrected chi connectivity index (χ0v) is 9.86. The highest BCUT2D eigenvalue weighted by Gasteiger charge is 1.96. The minimum Gasteiger partial charge on any atom is -0.478 e. The predicted molar refractivity (Wildman–Crippen MR) is 68.2 cm³/mol. The summed E-state index contributed by atoms with van der Waals surface area (Å²) in [7, 11) is 0. The maximum Gasteiger partial charge on any atom is 0.330 e. The van der Waals surface area contributed by atoms with Crippen LogP contribution in [0.25, 0.3) is 5.57 Å². The van der Waals surface area contributed by atoms with E-state index < -0.39 is 5.97 Å². The molecule has 1 rings (SSSR count). The Morgan fingerprint density at radius 3 is 1.94 bits per heavy atom. The van der Waals surface area contributed by atoms with Gasteiger partial charge in [-0.05, 0) is 18.9 Å². The van der Waals surface area contributed by atoms with E-state index >= 15 is 0 Å². The number of benzene rings is 1. The van der Waals surface area contributed by atoms with Gasteiger partial charge in [-0.25, -0.2) is 4.79 Å². The fraction of sp³-hybridized carbons (Fsp3) is 0.214. The van der Waals surface area contributed by atoms with Gasteiger partial charge in [-0.15, -0.1) is 0 Å². The molecular weight excluding hydrogens is 200 g/mol. The van der Waals surface area contributed by atoms with Gasteiger partial charge in [0.1, 0.15) is 0 Å². The van der Waals surface area contributed by atoms with E-state index in [2.05, 4.69) is 25.3 Å². The van der Waals surface area contributed by atoms with E-state index in [0.717, 1.165) is 5.57 Å². The Balaban J connectivity index is 0.000000293. The van der Waals surface area contributed by atoms with Crippen molar-refractivity contribution in [1.82, 2.24) is 0 Å². The first-order valence-electron chi connectivity index (χ1n) is 5.11. The molecule has 0 bridgehead atoms. The Bertz CT molecular complexity index is 364. The highest BCUT2D eigenvalue weighted by molar-refractivity contribution is 5.85. The van der Waals surface area contributed by atoms with Crippen molar-refractivity contribution in [3.8, 4) is 0 Å². The molecule has 0 radical (unpaired) electrons. The lowest BCUT2D eigenvalue weighted by molar-refractivity contribution is -0.132. The minimum atomic E-state index is -0.900. The molecule has 0 saturated heterocycles. The van der Waals surface area contributed by atoms with Gasteiger partial charge in [0.15, 0.2) is 0 Å². The van der Waals surface area contributed by atoms with E-state index in [4.69, 9.17) is 5.11 Å². The van der Waals surface area contributed by atoms with Crippen molar-refractivity contribution in [2.75, 3.05) is 0 Å². The minimum absolute atomic E-state index is 0.264. The van der Waals surface area contributed by atoms with Crippen molar-refractivity contribution in [3.05, 3.63) is 54.6 Å². The van der Waals surface area contributed by atoms with Crippen LogP contribution in [0.4, 0.5) is 0 Å². The Morgan fingerprint density at radius 1 is 1.25 bits per heavy atom. The molecule has 16 heavy (non-hydrogen) atoms. The lowest BCUT2D eigenvalue weighted by Gasteiger charge is -1.94. The Morgan fingerprint density at radius 2 is 1.75 bits per heavy atom. The molecule has 86 valence electrons. The van der Waals surface area contributed by atoms with Crippen LogP contribution in [0.2, 0.25) is 0 Å². The molecule has 0 aliphatic carbocycles. The van der Waals surface area contributed by atoms with Gasteiger partial charge in [0, 0.05) is 5.57 Å². The normalized spacial score (nSPS) is 8.62. The van der Waals surface area contributed by atoms with E-state index in [1.165, 1.54) is 5.56 Å². The highest BCUT2D eigenvalue weighted by atomic mass is 16.4.